The van der Waals surface area contributed by atoms with E-state index in [1.807, 2.05) is 6.92 Å². The number of nitrogens with zero attached hydrogens (tertiary/aromatic N) is 2. The zero-order chi connectivity index (χ0) is 12.3. The first-order valence-corrected chi connectivity index (χ1v) is 6.69. The summed E-state index contributed by atoms with van der Waals surface area (Å²) in [5, 5.41) is 1.02. The highest BCUT2D eigenvalue weighted by Crippen LogP contribution is 2.39. The quantitative estimate of drug-likeness (QED) is 0.890. The van der Waals surface area contributed by atoms with Crippen molar-refractivity contribution in [2.45, 2.75) is 25.9 Å². The van der Waals surface area contributed by atoms with Crippen molar-refractivity contribution in [2.24, 2.45) is 0 Å². The molecular weight excluding hydrogens is 238 g/mol. The van der Waals surface area contributed by atoms with Crippen LogP contribution in [0.4, 0.5) is 10.8 Å². The predicted octanol–water partition coefficient (Wildman–Crippen LogP) is 1.74. The van der Waals surface area contributed by atoms with Crippen molar-refractivity contribution in [3.63, 3.8) is 0 Å². The minimum absolute atomic E-state index is 0.307. The van der Waals surface area contributed by atoms with Gasteiger partial charge in [0.15, 0.2) is 16.6 Å². The van der Waals surface area contributed by atoms with Crippen LogP contribution in [0, 0.1) is 0 Å². The standard InChI is InChI=1S/C11H19N3O2S/c1-3-16-8-5-4-6-14(7-8)11-9(15-2)10(12)13-17-11/h8H,3-7H2,1-2H3,(H2,12,13). The van der Waals surface area contributed by atoms with E-state index in [4.69, 9.17) is 15.2 Å². The van der Waals surface area contributed by atoms with E-state index < -0.39 is 0 Å². The van der Waals surface area contributed by atoms with Gasteiger partial charge in [-0.05, 0) is 31.3 Å². The number of hydrogen-bond donors (Lipinski definition) is 1. The molecule has 1 aliphatic heterocycles. The summed E-state index contributed by atoms with van der Waals surface area (Å²) in [6, 6.07) is 0. The third-order valence-electron chi connectivity index (χ3n) is 2.93. The Labute approximate surface area is 106 Å². The molecule has 0 bridgehead atoms. The fraction of sp³-hybridized carbons (Fsp3) is 0.727. The van der Waals surface area contributed by atoms with Gasteiger partial charge in [0.25, 0.3) is 0 Å². The Bertz CT molecular complexity index is 368. The summed E-state index contributed by atoms with van der Waals surface area (Å²) >= 11 is 1.40. The first-order valence-electron chi connectivity index (χ1n) is 5.92. The van der Waals surface area contributed by atoms with Crippen molar-refractivity contribution < 1.29 is 9.47 Å². The van der Waals surface area contributed by atoms with Gasteiger partial charge in [0, 0.05) is 19.7 Å². The van der Waals surface area contributed by atoms with Gasteiger partial charge in [0.1, 0.15) is 0 Å². The molecule has 1 aliphatic rings. The monoisotopic (exact) mass is 257 g/mol. The van der Waals surface area contributed by atoms with Crippen molar-refractivity contribution in [3.8, 4) is 5.75 Å². The van der Waals surface area contributed by atoms with Crippen LogP contribution in [0.3, 0.4) is 0 Å². The molecule has 17 heavy (non-hydrogen) atoms. The number of nitrogen functional groups attached to an aromatic ring is 1. The molecular formula is C11H19N3O2S. The SMILES string of the molecule is CCOC1CCCN(c2snc(N)c2OC)C1. The van der Waals surface area contributed by atoms with E-state index in [1.54, 1.807) is 7.11 Å². The van der Waals surface area contributed by atoms with E-state index in [1.165, 1.54) is 11.5 Å². The Balaban J connectivity index is 2.10. The summed E-state index contributed by atoms with van der Waals surface area (Å²) in [5.41, 5.74) is 5.77. The molecule has 1 aromatic rings. The minimum Gasteiger partial charge on any atom is -0.490 e. The number of anilines is 2. The van der Waals surface area contributed by atoms with Crippen LogP contribution in [0.2, 0.25) is 0 Å². The summed E-state index contributed by atoms with van der Waals surface area (Å²) in [6.07, 6.45) is 2.56. The van der Waals surface area contributed by atoms with E-state index in [2.05, 4.69) is 9.27 Å². The molecule has 1 aromatic heterocycles. The first kappa shape index (κ1) is 12.4. The third kappa shape index (κ3) is 2.63. The molecule has 1 saturated heterocycles. The van der Waals surface area contributed by atoms with E-state index in [-0.39, 0.29) is 0 Å². The van der Waals surface area contributed by atoms with Gasteiger partial charge in [-0.2, -0.15) is 4.37 Å². The lowest BCUT2D eigenvalue weighted by Gasteiger charge is -2.33. The minimum atomic E-state index is 0.307. The van der Waals surface area contributed by atoms with Crippen LogP contribution in [0.15, 0.2) is 0 Å². The third-order valence-corrected chi connectivity index (χ3v) is 3.83. The zero-order valence-corrected chi connectivity index (χ0v) is 11.1. The molecule has 6 heteroatoms. The normalized spacial score (nSPS) is 20.6. The van der Waals surface area contributed by atoms with Gasteiger partial charge in [-0.15, -0.1) is 0 Å². The molecule has 0 saturated carbocycles. The lowest BCUT2D eigenvalue weighted by atomic mass is 10.1. The second-order valence-corrected chi connectivity index (χ2v) is 4.82. The number of ether oxygens (including phenoxy) is 2. The topological polar surface area (TPSA) is 60.6 Å². The van der Waals surface area contributed by atoms with E-state index in [0.717, 1.165) is 37.5 Å². The van der Waals surface area contributed by atoms with Gasteiger partial charge in [0.05, 0.1) is 13.2 Å². The molecule has 2 heterocycles. The van der Waals surface area contributed by atoms with Crippen LogP contribution in [0.5, 0.6) is 5.75 Å². The van der Waals surface area contributed by atoms with Crippen LogP contribution in [-0.4, -0.2) is 37.3 Å². The molecule has 1 atom stereocenters. The lowest BCUT2D eigenvalue weighted by Crippen LogP contribution is -2.39. The van der Waals surface area contributed by atoms with Crippen molar-refractivity contribution in [2.75, 3.05) is 37.4 Å². The molecule has 0 spiro atoms. The van der Waals surface area contributed by atoms with Gasteiger partial charge in [-0.3, -0.25) is 0 Å². The number of rotatable bonds is 4. The molecule has 0 aliphatic carbocycles. The molecule has 2 rings (SSSR count). The molecule has 1 fully saturated rings. The van der Waals surface area contributed by atoms with Gasteiger partial charge in [-0.25, -0.2) is 0 Å². The molecule has 1 unspecified atom stereocenters. The van der Waals surface area contributed by atoms with Gasteiger partial charge >= 0.3 is 0 Å². The fourth-order valence-corrected chi connectivity index (χ4v) is 2.99. The van der Waals surface area contributed by atoms with Crippen LogP contribution in [0.25, 0.3) is 0 Å². The molecule has 0 amide bonds. The maximum Gasteiger partial charge on any atom is 0.197 e. The second kappa shape index (κ2) is 5.55. The number of methoxy groups -OCH3 is 1. The fourth-order valence-electron chi connectivity index (χ4n) is 2.17. The average molecular weight is 257 g/mol. The van der Waals surface area contributed by atoms with Gasteiger partial charge < -0.3 is 20.1 Å². The Morgan fingerprint density at radius 3 is 3.12 bits per heavy atom. The number of aromatic nitrogens is 1. The Morgan fingerprint density at radius 2 is 2.41 bits per heavy atom. The highest BCUT2D eigenvalue weighted by molar-refractivity contribution is 7.11. The number of hydrogen-bond acceptors (Lipinski definition) is 6. The zero-order valence-electron chi connectivity index (χ0n) is 10.3. The molecule has 0 aromatic carbocycles. The molecule has 2 N–H and O–H groups in total. The van der Waals surface area contributed by atoms with E-state index in [0.29, 0.717) is 17.7 Å². The Kier molecular flexibility index (Phi) is 4.06. The van der Waals surface area contributed by atoms with Crippen molar-refractivity contribution in [1.29, 1.82) is 0 Å². The van der Waals surface area contributed by atoms with E-state index in [9.17, 15) is 0 Å². The van der Waals surface area contributed by atoms with Crippen molar-refractivity contribution >= 4 is 22.4 Å². The summed E-state index contributed by atoms with van der Waals surface area (Å²) in [7, 11) is 1.63. The van der Waals surface area contributed by atoms with Crippen LogP contribution in [0.1, 0.15) is 19.8 Å². The maximum atomic E-state index is 5.77. The molecule has 96 valence electrons. The highest BCUT2D eigenvalue weighted by atomic mass is 32.1. The van der Waals surface area contributed by atoms with Gasteiger partial charge in [-0.1, -0.05) is 0 Å². The highest BCUT2D eigenvalue weighted by Gasteiger charge is 2.25. The Hall–Kier alpha value is -1.01. The number of piperidine rings is 1. The average Bonchev–Trinajstić information content (AvgIpc) is 2.71. The molecule has 5 nitrogen and oxygen atoms in total. The second-order valence-electron chi connectivity index (χ2n) is 4.07. The summed E-state index contributed by atoms with van der Waals surface area (Å²) < 4.78 is 15.1. The summed E-state index contributed by atoms with van der Waals surface area (Å²) in [4.78, 5) is 2.26. The largest absolute Gasteiger partial charge is 0.490 e. The predicted molar refractivity (Wildman–Crippen MR) is 69.9 cm³/mol. The van der Waals surface area contributed by atoms with Crippen molar-refractivity contribution in [3.05, 3.63) is 0 Å². The summed E-state index contributed by atoms with van der Waals surface area (Å²) in [6.45, 7) is 4.71. The summed E-state index contributed by atoms with van der Waals surface area (Å²) in [5.74, 6) is 1.18. The lowest BCUT2D eigenvalue weighted by molar-refractivity contribution is 0.0527. The molecule has 0 radical (unpaired) electrons. The Morgan fingerprint density at radius 1 is 1.59 bits per heavy atom. The van der Waals surface area contributed by atoms with Crippen LogP contribution >= 0.6 is 11.5 Å². The van der Waals surface area contributed by atoms with Crippen LogP contribution < -0.4 is 15.4 Å². The van der Waals surface area contributed by atoms with Gasteiger partial charge in [0.2, 0.25) is 0 Å². The van der Waals surface area contributed by atoms with Crippen molar-refractivity contribution in [1.82, 2.24) is 4.37 Å². The first-order chi connectivity index (χ1) is 8.26. The smallest absolute Gasteiger partial charge is 0.197 e. The number of nitrogens with two attached hydrogens (primary N) is 1. The van der Waals surface area contributed by atoms with Crippen LogP contribution in [-0.2, 0) is 4.74 Å². The van der Waals surface area contributed by atoms with E-state index >= 15 is 0 Å². The maximum absolute atomic E-state index is 5.77.